The number of unbranched alkanes of at least 4 members (excludes halogenated alkanes) is 3. The van der Waals surface area contributed by atoms with Gasteiger partial charge in [0.2, 0.25) is 0 Å². The molecule has 0 aliphatic carbocycles. The molecule has 5 aromatic carbocycles. The van der Waals surface area contributed by atoms with Crippen molar-refractivity contribution in [1.29, 1.82) is 0 Å². The zero-order chi connectivity index (χ0) is 41.2. The molecule has 6 rings (SSSR count). The van der Waals surface area contributed by atoms with Crippen molar-refractivity contribution < 1.29 is 23.4 Å². The minimum absolute atomic E-state index is 0.220. The van der Waals surface area contributed by atoms with Gasteiger partial charge in [0.05, 0.1) is 12.7 Å². The topological polar surface area (TPSA) is 57.2 Å². The summed E-state index contributed by atoms with van der Waals surface area (Å²) in [7, 11) is -6.18. The van der Waals surface area contributed by atoms with Crippen molar-refractivity contribution in [2.75, 3.05) is 6.61 Å². The molecule has 0 radical (unpaired) electrons. The Balaban J connectivity index is 1.62. The first kappa shape index (κ1) is 43.6. The summed E-state index contributed by atoms with van der Waals surface area (Å²) in [5, 5.41) is 16.9. The highest BCUT2D eigenvalue weighted by Crippen LogP contribution is 2.46. The average molecular weight is 815 g/mol. The lowest BCUT2D eigenvalue weighted by atomic mass is 9.96. The normalized spacial score (nSPS) is 15.8. The molecule has 7 heteroatoms. The van der Waals surface area contributed by atoms with Crippen LogP contribution >= 0.6 is 0 Å². The van der Waals surface area contributed by atoms with E-state index >= 15 is 0 Å². The van der Waals surface area contributed by atoms with Gasteiger partial charge in [0.25, 0.3) is 0 Å². The lowest BCUT2D eigenvalue weighted by Gasteiger charge is -2.45. The Bertz CT molecular complexity index is 1910. The fourth-order valence-electron chi connectivity index (χ4n) is 8.88. The van der Waals surface area contributed by atoms with Crippen molar-refractivity contribution in [2.45, 2.75) is 129 Å². The number of hydrogen-bond donors (Lipinski definition) is 1. The van der Waals surface area contributed by atoms with Crippen LogP contribution in [0, 0.1) is 0 Å². The Kier molecular flexibility index (Phi) is 14.6. The van der Waals surface area contributed by atoms with E-state index in [4.69, 9.17) is 18.3 Å². The molecule has 58 heavy (non-hydrogen) atoms. The lowest BCUT2D eigenvalue weighted by Crippen LogP contribution is -2.69. The smallest absolute Gasteiger partial charge is 0.319 e. The monoisotopic (exact) mass is 814 g/mol. The van der Waals surface area contributed by atoms with Crippen molar-refractivity contribution in [3.63, 3.8) is 0 Å². The van der Waals surface area contributed by atoms with Gasteiger partial charge in [-0.3, -0.25) is 0 Å². The fourth-order valence-corrected chi connectivity index (χ4v) is 17.8. The number of aliphatic hydroxyl groups excluding tert-OH is 1. The maximum atomic E-state index is 12.7. The molecule has 1 aliphatic heterocycles. The summed E-state index contributed by atoms with van der Waals surface area (Å²) in [6, 6.07) is 47.2. The molecule has 5 nitrogen and oxygen atoms in total. The van der Waals surface area contributed by atoms with Crippen molar-refractivity contribution >= 4 is 37.4 Å². The van der Waals surface area contributed by atoms with Crippen LogP contribution in [-0.4, -0.2) is 34.6 Å². The zero-order valence-corrected chi connectivity index (χ0v) is 38.0. The first-order valence-electron chi connectivity index (χ1n) is 21.6. The second kappa shape index (κ2) is 19.4. The predicted molar refractivity (Wildman–Crippen MR) is 245 cm³/mol. The van der Waals surface area contributed by atoms with Gasteiger partial charge in [-0.25, -0.2) is 0 Å². The van der Waals surface area contributed by atoms with Crippen molar-refractivity contribution in [3.8, 4) is 11.5 Å². The summed E-state index contributed by atoms with van der Waals surface area (Å²) in [6.45, 7) is 16.9. The van der Waals surface area contributed by atoms with Crippen LogP contribution in [0.5, 0.6) is 11.5 Å². The van der Waals surface area contributed by atoms with Crippen LogP contribution in [0.1, 0.15) is 117 Å². The molecule has 5 aromatic rings. The van der Waals surface area contributed by atoms with Crippen LogP contribution in [0.15, 0.2) is 133 Å². The molecule has 0 bridgehead atoms. The molecule has 308 valence electrons. The van der Waals surface area contributed by atoms with Gasteiger partial charge in [-0.15, -0.1) is 0 Å². The van der Waals surface area contributed by atoms with Crippen molar-refractivity contribution in [3.05, 3.63) is 145 Å². The summed E-state index contributed by atoms with van der Waals surface area (Å²) in [5.74, 6) is 1.41. The van der Waals surface area contributed by atoms with Crippen LogP contribution < -0.4 is 29.6 Å². The fraction of sp³-hybridized carbons (Fsp3) is 0.412. The van der Waals surface area contributed by atoms with Gasteiger partial charge in [0.1, 0.15) is 11.5 Å². The number of benzene rings is 5. The molecule has 0 saturated carbocycles. The van der Waals surface area contributed by atoms with E-state index in [9.17, 15) is 5.11 Å². The van der Waals surface area contributed by atoms with Crippen LogP contribution in [0.2, 0.25) is 10.1 Å². The summed E-state index contributed by atoms with van der Waals surface area (Å²) < 4.78 is 28.5. The van der Waals surface area contributed by atoms with E-state index in [0.29, 0.717) is 18.8 Å². The second-order valence-corrected chi connectivity index (χ2v) is 26.4. The molecule has 1 aliphatic rings. The van der Waals surface area contributed by atoms with E-state index in [-0.39, 0.29) is 23.0 Å². The molecule has 2 unspecified atom stereocenters. The van der Waals surface area contributed by atoms with Crippen LogP contribution in [-0.2, 0) is 16.1 Å². The molecular formula is C51H66O5Si2. The molecule has 0 spiro atoms. The van der Waals surface area contributed by atoms with Gasteiger partial charge in [0.15, 0.2) is 6.29 Å². The average Bonchev–Trinajstić information content (AvgIpc) is 3.23. The van der Waals surface area contributed by atoms with Gasteiger partial charge in [-0.2, -0.15) is 0 Å². The Morgan fingerprint density at radius 2 is 1.05 bits per heavy atom. The number of ether oxygens (including phenoxy) is 2. The summed E-state index contributed by atoms with van der Waals surface area (Å²) in [6.07, 6.45) is 6.60. The second-order valence-electron chi connectivity index (χ2n) is 18.0. The number of aliphatic hydroxyl groups is 1. The Hall–Kier alpha value is -3.99. The van der Waals surface area contributed by atoms with E-state index in [1.807, 2.05) is 0 Å². The van der Waals surface area contributed by atoms with Crippen LogP contribution in [0.3, 0.4) is 0 Å². The molecule has 2 atom stereocenters. The molecule has 1 heterocycles. The number of hydrogen-bond acceptors (Lipinski definition) is 5. The maximum Gasteiger partial charge on any atom is 0.319 e. The first-order chi connectivity index (χ1) is 27.9. The molecule has 1 fully saturated rings. The third-order valence-electron chi connectivity index (χ3n) is 11.8. The molecule has 1 N–H and O–H groups in total. The Labute approximate surface area is 351 Å². The van der Waals surface area contributed by atoms with Gasteiger partial charge in [0, 0.05) is 17.7 Å². The highest BCUT2D eigenvalue weighted by molar-refractivity contribution is 7.00. The molecule has 0 amide bonds. The molecular weight excluding hydrogens is 749 g/mol. The highest BCUT2D eigenvalue weighted by atomic mass is 28.4. The summed E-state index contributed by atoms with van der Waals surface area (Å²) in [5.41, 5.74) is 1.59. The van der Waals surface area contributed by atoms with Crippen molar-refractivity contribution in [1.82, 2.24) is 0 Å². The van der Waals surface area contributed by atoms with Crippen molar-refractivity contribution in [2.24, 2.45) is 0 Å². The molecule has 1 saturated heterocycles. The zero-order valence-electron chi connectivity index (χ0n) is 36.0. The molecule has 0 aromatic heterocycles. The third kappa shape index (κ3) is 9.40. The summed E-state index contributed by atoms with van der Waals surface area (Å²) in [4.78, 5) is 0. The Morgan fingerprint density at radius 3 is 1.47 bits per heavy atom. The highest BCUT2D eigenvalue weighted by Gasteiger charge is 2.54. The van der Waals surface area contributed by atoms with E-state index in [1.165, 1.54) is 20.7 Å². The van der Waals surface area contributed by atoms with Crippen LogP contribution in [0.25, 0.3) is 0 Å². The van der Waals surface area contributed by atoms with E-state index < -0.39 is 22.7 Å². The van der Waals surface area contributed by atoms with Crippen LogP contribution in [0.4, 0.5) is 0 Å². The van der Waals surface area contributed by atoms with Gasteiger partial charge in [-0.1, -0.05) is 195 Å². The van der Waals surface area contributed by atoms with E-state index in [1.54, 1.807) is 0 Å². The Morgan fingerprint density at radius 1 is 0.603 bits per heavy atom. The van der Waals surface area contributed by atoms with E-state index in [0.717, 1.165) is 61.8 Å². The quantitative estimate of drug-likeness (QED) is 0.0749. The van der Waals surface area contributed by atoms with Gasteiger partial charge >= 0.3 is 16.6 Å². The SMILES string of the molecule is CCCCCCC(O)c1c(O[Si](c2ccccc2)(c2ccccc2)C(C)(C)C)ccc(O[Si](c2ccccc2)(c2ccccc2)C(C)(C)C)c1COC1CCCCO1. The number of rotatable bonds is 17. The lowest BCUT2D eigenvalue weighted by molar-refractivity contribution is -0.169. The van der Waals surface area contributed by atoms with Gasteiger partial charge in [-0.05, 0) is 68.6 Å². The largest absolute Gasteiger partial charge is 0.534 e. The first-order valence-corrected chi connectivity index (χ1v) is 25.4. The van der Waals surface area contributed by atoms with E-state index in [2.05, 4.69) is 182 Å². The van der Waals surface area contributed by atoms with Gasteiger partial charge < -0.3 is 23.4 Å². The minimum atomic E-state index is -3.10. The maximum absolute atomic E-state index is 12.7. The standard InChI is InChI=1S/C51H66O5Si2/c1-8-9-10-23-34-45(52)49-44(39-54-48-35-24-25-38-53-48)46(55-57(50(2,3)4,40-26-15-11-16-27-40)41-28-17-12-18-29-41)36-37-47(49)56-58(51(5,6)7,42-30-19-13-20-31-42)43-32-21-14-22-33-43/h11-22,26-33,36-37,45,48,52H,8-10,23-25,34-35,38-39H2,1-7H3. The minimum Gasteiger partial charge on any atom is -0.534 e. The third-order valence-corrected chi connectivity index (χ3v) is 21.7. The predicted octanol–water partition coefficient (Wildman–Crippen LogP) is 10.6. The summed E-state index contributed by atoms with van der Waals surface area (Å²) >= 11 is 0.